The van der Waals surface area contributed by atoms with E-state index in [4.69, 9.17) is 4.98 Å². The topological polar surface area (TPSA) is 19.4 Å². The fraction of sp³-hybridized carbons (Fsp3) is 0.516. The molecular weight excluding hydrogens is 854 g/mol. The van der Waals surface area contributed by atoms with Crippen LogP contribution >= 0.6 is 11.3 Å². The summed E-state index contributed by atoms with van der Waals surface area (Å²) in [4.78, 5) is 11.8. The molecule has 7 fully saturated rings. The van der Waals surface area contributed by atoms with Gasteiger partial charge in [-0.3, -0.25) is 4.90 Å². The van der Waals surface area contributed by atoms with Gasteiger partial charge in [-0.2, -0.15) is 0 Å². The van der Waals surface area contributed by atoms with E-state index in [9.17, 15) is 0 Å². The van der Waals surface area contributed by atoms with Crippen molar-refractivity contribution >= 4 is 78.1 Å². The molecular formula is C64H74BN3S. The summed E-state index contributed by atoms with van der Waals surface area (Å²) in [6.45, 7) is 31.3. The van der Waals surface area contributed by atoms with E-state index in [-0.39, 0.29) is 39.2 Å². The quantitative estimate of drug-likeness (QED) is 0.165. The van der Waals surface area contributed by atoms with Gasteiger partial charge < -0.3 is 4.90 Å². The Morgan fingerprint density at radius 2 is 1.17 bits per heavy atom. The predicted octanol–water partition coefficient (Wildman–Crippen LogP) is 15.2. The molecule has 0 N–H and O–H groups in total. The number of nitrogens with zero attached hydrogens (tertiary/aromatic N) is 3. The van der Waals surface area contributed by atoms with Crippen LogP contribution in [0.1, 0.15) is 168 Å². The first-order valence-electron chi connectivity index (χ1n) is 27.1. The van der Waals surface area contributed by atoms with E-state index in [0.29, 0.717) is 0 Å². The van der Waals surface area contributed by atoms with Crippen LogP contribution in [0.25, 0.3) is 10.1 Å². The first-order chi connectivity index (χ1) is 32.5. The minimum Gasteiger partial charge on any atom is -0.310 e. The third kappa shape index (κ3) is 5.95. The van der Waals surface area contributed by atoms with Gasteiger partial charge in [0.2, 0.25) is 0 Å². The molecule has 8 bridgehead atoms. The molecule has 10 aliphatic rings. The Hall–Kier alpha value is -4.35. The van der Waals surface area contributed by atoms with Crippen LogP contribution in [-0.4, -0.2) is 11.7 Å². The van der Waals surface area contributed by atoms with Crippen molar-refractivity contribution in [3.05, 3.63) is 118 Å². The molecule has 0 atom stereocenters. The zero-order valence-electron chi connectivity index (χ0n) is 43.9. The highest BCUT2D eigenvalue weighted by Gasteiger charge is 2.68. The normalized spacial score (nSPS) is 29.5. The number of aromatic nitrogens is 1. The van der Waals surface area contributed by atoms with E-state index < -0.39 is 0 Å². The number of benzene rings is 4. The van der Waals surface area contributed by atoms with Gasteiger partial charge in [0.05, 0.1) is 11.4 Å². The maximum Gasteiger partial charge on any atom is 0.266 e. The highest BCUT2D eigenvalue weighted by Crippen LogP contribution is 2.74. The van der Waals surface area contributed by atoms with Crippen molar-refractivity contribution in [2.45, 2.75) is 167 Å². The van der Waals surface area contributed by atoms with Crippen LogP contribution < -0.4 is 25.5 Å². The minimum atomic E-state index is -0.0160. The minimum absolute atomic E-state index is 0.00150. The monoisotopic (exact) mass is 928 g/mol. The van der Waals surface area contributed by atoms with Gasteiger partial charge in [-0.15, -0.1) is 11.3 Å². The number of hydrogen-bond donors (Lipinski definition) is 0. The molecule has 4 aromatic carbocycles. The van der Waals surface area contributed by atoms with Crippen molar-refractivity contribution in [3.8, 4) is 0 Å². The van der Waals surface area contributed by atoms with Gasteiger partial charge in [0.1, 0.15) is 5.82 Å². The molecule has 354 valence electrons. The van der Waals surface area contributed by atoms with Crippen molar-refractivity contribution in [2.24, 2.45) is 41.4 Å². The zero-order valence-corrected chi connectivity index (χ0v) is 44.7. The highest BCUT2D eigenvalue weighted by atomic mass is 32.1. The molecule has 0 radical (unpaired) electrons. The molecule has 0 spiro atoms. The summed E-state index contributed by atoms with van der Waals surface area (Å²) >= 11 is 2.04. The summed E-state index contributed by atoms with van der Waals surface area (Å²) in [6, 6.07) is 34.9. The van der Waals surface area contributed by atoms with Crippen LogP contribution in [0.5, 0.6) is 0 Å². The second-order valence-electron chi connectivity index (χ2n) is 28.6. The molecule has 2 aromatic heterocycles. The summed E-state index contributed by atoms with van der Waals surface area (Å²) in [5.74, 6) is 7.62. The van der Waals surface area contributed by atoms with Crippen LogP contribution in [0.15, 0.2) is 84.9 Å². The lowest BCUT2D eigenvalue weighted by molar-refractivity contribution is -0.213. The third-order valence-corrected chi connectivity index (χ3v) is 21.6. The molecule has 0 unspecified atom stereocenters. The molecule has 16 rings (SSSR count). The van der Waals surface area contributed by atoms with Crippen LogP contribution in [-0.2, 0) is 32.5 Å². The Bertz CT molecular complexity index is 3140. The first-order valence-corrected chi connectivity index (χ1v) is 27.9. The molecule has 2 aliphatic heterocycles. The smallest absolute Gasteiger partial charge is 0.266 e. The van der Waals surface area contributed by atoms with Gasteiger partial charge in [0.25, 0.3) is 6.71 Å². The van der Waals surface area contributed by atoms with Crippen molar-refractivity contribution in [1.29, 1.82) is 0 Å². The Morgan fingerprint density at radius 3 is 1.83 bits per heavy atom. The van der Waals surface area contributed by atoms with E-state index >= 15 is 0 Å². The van der Waals surface area contributed by atoms with E-state index in [1.807, 2.05) is 11.3 Å². The van der Waals surface area contributed by atoms with Gasteiger partial charge in [0, 0.05) is 43.0 Å². The standard InChI is InChI=1S/C64H74BN3S/c1-59(2,3)36-15-14-16-39(26-36)68-51-28-38(61(7,8)9)17-21-50(51)65-55-52(30-54(66-58(55)68)64-31-45-41-23-35-24-42(45)47(33-64)43(25-35)46(41)32-64)67(40-19-20-48-49(29-40)63(12,13)34-62(48,10)11)56-44-27-37(60(4,5)6)18-22-53(44)69-57(56)65/h14-22,26-30,35,41-43,45-47H,23-25,31-34H2,1-13H3. The van der Waals surface area contributed by atoms with Crippen molar-refractivity contribution in [2.75, 3.05) is 9.80 Å². The number of anilines is 6. The third-order valence-electron chi connectivity index (χ3n) is 20.4. The summed E-state index contributed by atoms with van der Waals surface area (Å²) in [6.07, 6.45) is 9.66. The van der Waals surface area contributed by atoms with E-state index in [1.54, 1.807) is 0 Å². The van der Waals surface area contributed by atoms with Gasteiger partial charge in [0.15, 0.2) is 0 Å². The van der Waals surface area contributed by atoms with Crippen LogP contribution in [0.4, 0.5) is 34.3 Å². The maximum absolute atomic E-state index is 6.37. The fourth-order valence-corrected chi connectivity index (χ4v) is 18.8. The lowest BCUT2D eigenvalue weighted by Crippen LogP contribution is -2.66. The second-order valence-corrected chi connectivity index (χ2v) is 29.7. The fourth-order valence-electron chi connectivity index (χ4n) is 17.5. The Labute approximate surface area is 418 Å². The summed E-state index contributed by atoms with van der Waals surface area (Å²) in [5.41, 5.74) is 18.2. The largest absolute Gasteiger partial charge is 0.310 e. The van der Waals surface area contributed by atoms with E-state index in [1.165, 1.54) is 132 Å². The average molecular weight is 928 g/mol. The van der Waals surface area contributed by atoms with Gasteiger partial charge >= 0.3 is 0 Å². The molecule has 69 heavy (non-hydrogen) atoms. The number of rotatable bonds is 3. The number of thiophene rings is 1. The molecule has 5 heteroatoms. The zero-order chi connectivity index (χ0) is 47.9. The van der Waals surface area contributed by atoms with Crippen LogP contribution in [0, 0.1) is 41.4 Å². The number of fused-ring (bicyclic) bond motifs is 7. The van der Waals surface area contributed by atoms with Gasteiger partial charge in [-0.1, -0.05) is 126 Å². The second kappa shape index (κ2) is 13.6. The maximum atomic E-state index is 6.37. The Morgan fingerprint density at radius 1 is 0.580 bits per heavy atom. The van der Waals surface area contributed by atoms with Crippen molar-refractivity contribution in [3.63, 3.8) is 0 Å². The summed E-state index contributed by atoms with van der Waals surface area (Å²) in [7, 11) is 0. The van der Waals surface area contributed by atoms with Crippen molar-refractivity contribution < 1.29 is 0 Å². The molecule has 0 saturated heterocycles. The van der Waals surface area contributed by atoms with E-state index in [0.717, 1.165) is 47.8 Å². The molecule has 3 nitrogen and oxygen atoms in total. The molecule has 6 aromatic rings. The Balaban J connectivity index is 1.10. The SMILES string of the molecule is CC(C)(C)c1cccc(N2c3cc(C(C)(C)C)ccc3B3c4sc5ccc(C(C)(C)C)cc5c4N(c4ccc5c(c4)C(C)(C)CC5(C)C)c4cc(C56CC7C8CC9CC7C(C5)C(C9)C8C6)nc2c43)c1. The summed E-state index contributed by atoms with van der Waals surface area (Å²) < 4.78 is 2.83. The lowest BCUT2D eigenvalue weighted by atomic mass is 9.32. The predicted molar refractivity (Wildman–Crippen MR) is 294 cm³/mol. The molecule has 8 aliphatic carbocycles. The lowest BCUT2D eigenvalue weighted by Gasteiger charge is -2.72. The number of hydrogen-bond acceptors (Lipinski definition) is 4. The molecule has 4 heterocycles. The average Bonchev–Trinajstić information content (AvgIpc) is 3.75. The van der Waals surface area contributed by atoms with Gasteiger partial charge in [-0.05, 0) is 201 Å². The van der Waals surface area contributed by atoms with Crippen molar-refractivity contribution in [1.82, 2.24) is 4.98 Å². The Kier molecular flexibility index (Phi) is 8.55. The number of pyridine rings is 1. The highest BCUT2D eigenvalue weighted by molar-refractivity contribution is 7.33. The summed E-state index contributed by atoms with van der Waals surface area (Å²) in [5, 5.41) is 1.39. The van der Waals surface area contributed by atoms with E-state index in [2.05, 4.69) is 185 Å². The molecule has 7 saturated carbocycles. The first kappa shape index (κ1) is 43.4. The van der Waals surface area contributed by atoms with Crippen LogP contribution in [0.2, 0.25) is 0 Å². The van der Waals surface area contributed by atoms with Gasteiger partial charge in [-0.25, -0.2) is 4.98 Å². The van der Waals surface area contributed by atoms with Crippen LogP contribution in [0.3, 0.4) is 0 Å². The molecule has 0 amide bonds.